The predicted octanol–water partition coefficient (Wildman–Crippen LogP) is 4.34. The third kappa shape index (κ3) is 9.48. The SMILES string of the molecule is CCCC/C=C\C=C\C(C)(C)C. The molecule has 0 rings (SSSR count). The average molecular weight is 166 g/mol. The van der Waals surface area contributed by atoms with Crippen LogP contribution in [-0.2, 0) is 0 Å². The molecule has 0 N–H and O–H groups in total. The summed E-state index contributed by atoms with van der Waals surface area (Å²) >= 11 is 0. The van der Waals surface area contributed by atoms with Crippen LogP contribution in [0, 0.1) is 5.41 Å². The Balaban J connectivity index is 3.53. The zero-order valence-corrected chi connectivity index (χ0v) is 8.93. The van der Waals surface area contributed by atoms with E-state index in [1.54, 1.807) is 0 Å². The maximum absolute atomic E-state index is 2.24. The second-order valence-corrected chi connectivity index (χ2v) is 4.30. The van der Waals surface area contributed by atoms with Gasteiger partial charge in [-0.1, -0.05) is 64.8 Å². The van der Waals surface area contributed by atoms with Gasteiger partial charge in [0.15, 0.2) is 0 Å². The van der Waals surface area contributed by atoms with Crippen LogP contribution in [-0.4, -0.2) is 0 Å². The maximum Gasteiger partial charge on any atom is -0.0200 e. The van der Waals surface area contributed by atoms with Crippen LogP contribution in [0.4, 0.5) is 0 Å². The van der Waals surface area contributed by atoms with Gasteiger partial charge in [-0.15, -0.1) is 0 Å². The summed E-state index contributed by atoms with van der Waals surface area (Å²) in [6.45, 7) is 8.86. The summed E-state index contributed by atoms with van der Waals surface area (Å²) in [6, 6.07) is 0. The molecule has 0 atom stereocenters. The van der Waals surface area contributed by atoms with Crippen molar-refractivity contribution >= 4 is 0 Å². The summed E-state index contributed by atoms with van der Waals surface area (Å²) in [5.74, 6) is 0. The van der Waals surface area contributed by atoms with Crippen LogP contribution in [0.3, 0.4) is 0 Å². The molecule has 0 aromatic carbocycles. The fraction of sp³-hybridized carbons (Fsp3) is 0.667. The first-order valence-electron chi connectivity index (χ1n) is 4.90. The van der Waals surface area contributed by atoms with Gasteiger partial charge >= 0.3 is 0 Å². The lowest BCUT2D eigenvalue weighted by Gasteiger charge is -2.09. The Labute approximate surface area is 77.4 Å². The first-order valence-corrected chi connectivity index (χ1v) is 4.90. The molecular weight excluding hydrogens is 144 g/mol. The lowest BCUT2D eigenvalue weighted by atomic mass is 9.96. The van der Waals surface area contributed by atoms with Gasteiger partial charge in [0.05, 0.1) is 0 Å². The van der Waals surface area contributed by atoms with Crippen LogP contribution >= 0.6 is 0 Å². The summed E-state index contributed by atoms with van der Waals surface area (Å²) in [5.41, 5.74) is 0.315. The molecule has 0 aliphatic rings. The van der Waals surface area contributed by atoms with Gasteiger partial charge in [0.2, 0.25) is 0 Å². The summed E-state index contributed by atoms with van der Waals surface area (Å²) in [7, 11) is 0. The third-order valence-corrected chi connectivity index (χ3v) is 1.57. The molecule has 0 saturated heterocycles. The van der Waals surface area contributed by atoms with Crippen LogP contribution in [0.2, 0.25) is 0 Å². The van der Waals surface area contributed by atoms with Gasteiger partial charge in [-0.25, -0.2) is 0 Å². The molecular formula is C12H22. The molecule has 12 heavy (non-hydrogen) atoms. The van der Waals surface area contributed by atoms with Crippen LogP contribution in [0.25, 0.3) is 0 Å². The molecule has 0 nitrogen and oxygen atoms in total. The van der Waals surface area contributed by atoms with Gasteiger partial charge in [0, 0.05) is 0 Å². The first kappa shape index (κ1) is 11.5. The van der Waals surface area contributed by atoms with Crippen molar-refractivity contribution in [1.29, 1.82) is 0 Å². The predicted molar refractivity (Wildman–Crippen MR) is 57.3 cm³/mol. The highest BCUT2D eigenvalue weighted by Gasteiger charge is 2.01. The Kier molecular flexibility index (Phi) is 5.79. The van der Waals surface area contributed by atoms with Crippen molar-refractivity contribution in [1.82, 2.24) is 0 Å². The molecule has 0 aliphatic carbocycles. The van der Waals surface area contributed by atoms with E-state index >= 15 is 0 Å². The third-order valence-electron chi connectivity index (χ3n) is 1.57. The molecule has 0 unspecified atom stereocenters. The van der Waals surface area contributed by atoms with Crippen molar-refractivity contribution in [2.24, 2.45) is 5.41 Å². The molecule has 0 amide bonds. The quantitative estimate of drug-likeness (QED) is 0.430. The van der Waals surface area contributed by atoms with E-state index in [9.17, 15) is 0 Å². The van der Waals surface area contributed by atoms with E-state index in [4.69, 9.17) is 0 Å². The monoisotopic (exact) mass is 166 g/mol. The highest BCUT2D eigenvalue weighted by atomic mass is 14.1. The summed E-state index contributed by atoms with van der Waals surface area (Å²) < 4.78 is 0. The van der Waals surface area contributed by atoms with Crippen molar-refractivity contribution < 1.29 is 0 Å². The smallest absolute Gasteiger partial charge is 0.0200 e. The van der Waals surface area contributed by atoms with Crippen molar-refractivity contribution in [2.75, 3.05) is 0 Å². The largest absolute Gasteiger partial charge is 0.0845 e. The number of hydrogen-bond donors (Lipinski definition) is 0. The normalized spacial score (nSPS) is 13.3. The van der Waals surface area contributed by atoms with Gasteiger partial charge in [0.1, 0.15) is 0 Å². The topological polar surface area (TPSA) is 0 Å². The Morgan fingerprint density at radius 1 is 1.08 bits per heavy atom. The Hall–Kier alpha value is -0.520. The highest BCUT2D eigenvalue weighted by molar-refractivity contribution is 5.05. The zero-order valence-electron chi connectivity index (χ0n) is 8.93. The number of hydrogen-bond acceptors (Lipinski definition) is 0. The summed E-state index contributed by atoms with van der Waals surface area (Å²) in [5, 5.41) is 0. The summed E-state index contributed by atoms with van der Waals surface area (Å²) in [6.07, 6.45) is 12.6. The molecule has 0 saturated carbocycles. The fourth-order valence-corrected chi connectivity index (χ4v) is 0.841. The molecule has 0 aliphatic heterocycles. The minimum Gasteiger partial charge on any atom is -0.0845 e. The lowest BCUT2D eigenvalue weighted by molar-refractivity contribution is 0.544. The van der Waals surface area contributed by atoms with Crippen molar-refractivity contribution in [3.63, 3.8) is 0 Å². The standard InChI is InChI=1S/C12H22/c1-5-6-7-8-9-10-11-12(2,3)4/h8-11H,5-7H2,1-4H3/b9-8-,11-10+. The molecule has 0 radical (unpaired) electrons. The van der Waals surface area contributed by atoms with E-state index in [0.29, 0.717) is 5.41 Å². The molecule has 0 heteroatoms. The van der Waals surface area contributed by atoms with E-state index in [1.807, 2.05) is 0 Å². The minimum atomic E-state index is 0.315. The average Bonchev–Trinajstić information content (AvgIpc) is 1.94. The second kappa shape index (κ2) is 6.05. The van der Waals surface area contributed by atoms with Gasteiger partial charge in [-0.2, -0.15) is 0 Å². The molecule has 0 aromatic rings. The van der Waals surface area contributed by atoms with Crippen molar-refractivity contribution in [3.8, 4) is 0 Å². The highest BCUT2D eigenvalue weighted by Crippen LogP contribution is 2.14. The van der Waals surface area contributed by atoms with Crippen molar-refractivity contribution in [3.05, 3.63) is 24.3 Å². The zero-order chi connectivity index (χ0) is 9.45. The van der Waals surface area contributed by atoms with Crippen LogP contribution < -0.4 is 0 Å². The summed E-state index contributed by atoms with van der Waals surface area (Å²) in [4.78, 5) is 0. The maximum atomic E-state index is 2.24. The first-order chi connectivity index (χ1) is 5.56. The van der Waals surface area contributed by atoms with Crippen molar-refractivity contribution in [2.45, 2.75) is 47.0 Å². The van der Waals surface area contributed by atoms with E-state index in [2.05, 4.69) is 52.0 Å². The van der Waals surface area contributed by atoms with Gasteiger partial charge < -0.3 is 0 Å². The van der Waals surface area contributed by atoms with Crippen LogP contribution in [0.5, 0.6) is 0 Å². The van der Waals surface area contributed by atoms with Gasteiger partial charge in [0.25, 0.3) is 0 Å². The lowest BCUT2D eigenvalue weighted by Crippen LogP contribution is -1.97. The van der Waals surface area contributed by atoms with Crippen LogP contribution in [0.1, 0.15) is 47.0 Å². The Morgan fingerprint density at radius 3 is 2.25 bits per heavy atom. The number of rotatable bonds is 4. The molecule has 0 aromatic heterocycles. The second-order valence-electron chi connectivity index (χ2n) is 4.30. The molecule has 0 heterocycles. The molecule has 0 fully saturated rings. The van der Waals surface area contributed by atoms with Crippen LogP contribution in [0.15, 0.2) is 24.3 Å². The minimum absolute atomic E-state index is 0.315. The van der Waals surface area contributed by atoms with E-state index in [1.165, 1.54) is 19.3 Å². The van der Waals surface area contributed by atoms with E-state index in [0.717, 1.165) is 0 Å². The molecule has 0 spiro atoms. The Bertz CT molecular complexity index is 144. The fourth-order valence-electron chi connectivity index (χ4n) is 0.841. The number of allylic oxidation sites excluding steroid dienone is 4. The number of unbranched alkanes of at least 4 members (excludes halogenated alkanes) is 2. The Morgan fingerprint density at radius 2 is 1.75 bits per heavy atom. The van der Waals surface area contributed by atoms with E-state index in [-0.39, 0.29) is 0 Å². The molecule has 70 valence electrons. The van der Waals surface area contributed by atoms with Gasteiger partial charge in [-0.05, 0) is 11.8 Å². The van der Waals surface area contributed by atoms with Gasteiger partial charge in [-0.3, -0.25) is 0 Å². The van der Waals surface area contributed by atoms with E-state index < -0.39 is 0 Å². The molecule has 0 bridgehead atoms.